The number of rotatable bonds is 6. The van der Waals surface area contributed by atoms with Crippen molar-refractivity contribution in [2.24, 2.45) is 10.1 Å². The molecule has 0 saturated heterocycles. The maximum absolute atomic E-state index is 5.49. The second kappa shape index (κ2) is 8.66. The molecule has 154 valence electrons. The molecule has 2 heterocycles. The van der Waals surface area contributed by atoms with Crippen molar-refractivity contribution < 1.29 is 4.74 Å². The first-order valence-corrected chi connectivity index (χ1v) is 10.6. The largest absolute Gasteiger partial charge is 0.497 e. The van der Waals surface area contributed by atoms with Gasteiger partial charge in [-0.25, -0.2) is 0 Å². The lowest BCUT2D eigenvalue weighted by molar-refractivity contribution is 0.415. The Hall–Kier alpha value is -3.21. The molecule has 2 aromatic carbocycles. The first-order chi connectivity index (χ1) is 14.7. The number of amidine groups is 1. The summed E-state index contributed by atoms with van der Waals surface area (Å²) in [4.78, 5) is 9.99. The number of aliphatic imine (C=N–C) groups is 1. The summed E-state index contributed by atoms with van der Waals surface area (Å²) in [6.45, 7) is 7.02. The van der Waals surface area contributed by atoms with Gasteiger partial charge >= 0.3 is 0 Å². The number of aromatic nitrogens is 1. The Morgan fingerprint density at radius 1 is 1.03 bits per heavy atom. The van der Waals surface area contributed by atoms with Gasteiger partial charge in [0.05, 0.1) is 30.6 Å². The van der Waals surface area contributed by atoms with Crippen LogP contribution in [-0.4, -0.2) is 30.2 Å². The number of nitrogens with one attached hydrogen (secondary N) is 1. The predicted octanol–water partition coefficient (Wildman–Crippen LogP) is 5.54. The predicted molar refractivity (Wildman–Crippen MR) is 125 cm³/mol. The number of methoxy groups -OCH3 is 1. The van der Waals surface area contributed by atoms with Crippen LogP contribution in [-0.2, 0) is 0 Å². The average Bonchev–Trinajstić information content (AvgIpc) is 2.80. The number of hydrazone groups is 1. The number of benzene rings is 2. The molecule has 0 aliphatic carbocycles. The molecule has 5 heteroatoms. The fraction of sp³-hybridized carbons (Fsp3) is 0.320. The van der Waals surface area contributed by atoms with Crippen molar-refractivity contribution >= 4 is 22.5 Å². The summed E-state index contributed by atoms with van der Waals surface area (Å²) in [5.74, 6) is 1.94. The maximum Gasteiger partial charge on any atom is 0.151 e. The Bertz CT molecular complexity index is 1110. The van der Waals surface area contributed by atoms with E-state index < -0.39 is 0 Å². The van der Waals surface area contributed by atoms with Gasteiger partial charge in [0, 0.05) is 28.5 Å². The lowest BCUT2D eigenvalue weighted by Crippen LogP contribution is -2.29. The van der Waals surface area contributed by atoms with Crippen LogP contribution in [0.25, 0.3) is 22.0 Å². The third kappa shape index (κ3) is 3.67. The molecule has 0 atom stereocenters. The Morgan fingerprint density at radius 2 is 1.80 bits per heavy atom. The van der Waals surface area contributed by atoms with Gasteiger partial charge in [-0.3, -0.25) is 15.4 Å². The van der Waals surface area contributed by atoms with Crippen molar-refractivity contribution in [3.8, 4) is 16.9 Å². The number of pyridine rings is 1. The molecule has 0 saturated carbocycles. The van der Waals surface area contributed by atoms with Crippen LogP contribution < -0.4 is 10.2 Å². The molecule has 1 aliphatic rings. The molecule has 1 N–H and O–H groups in total. The second-order valence-corrected chi connectivity index (χ2v) is 7.63. The summed E-state index contributed by atoms with van der Waals surface area (Å²) in [7, 11) is 1.69. The van der Waals surface area contributed by atoms with E-state index in [0.29, 0.717) is 12.5 Å². The van der Waals surface area contributed by atoms with Gasteiger partial charge in [-0.1, -0.05) is 44.2 Å². The highest BCUT2D eigenvalue weighted by Crippen LogP contribution is 2.38. The van der Waals surface area contributed by atoms with E-state index in [1.807, 2.05) is 25.1 Å². The van der Waals surface area contributed by atoms with Gasteiger partial charge < -0.3 is 4.74 Å². The van der Waals surface area contributed by atoms with Gasteiger partial charge in [0.1, 0.15) is 5.75 Å². The zero-order valence-electron chi connectivity index (χ0n) is 18.1. The molecule has 0 spiro atoms. The van der Waals surface area contributed by atoms with Gasteiger partial charge in [0.15, 0.2) is 5.84 Å². The normalized spacial score (nSPS) is 13.8. The Morgan fingerprint density at radius 3 is 2.43 bits per heavy atom. The third-order valence-electron chi connectivity index (χ3n) is 5.71. The highest BCUT2D eigenvalue weighted by molar-refractivity contribution is 6.13. The van der Waals surface area contributed by atoms with E-state index in [1.54, 1.807) is 7.11 Å². The number of nitrogens with zero attached hydrogens (tertiary/aromatic N) is 3. The topological polar surface area (TPSA) is 58.9 Å². The molecule has 0 bridgehead atoms. The van der Waals surface area contributed by atoms with Crippen molar-refractivity contribution in [3.63, 3.8) is 0 Å². The van der Waals surface area contributed by atoms with Crippen molar-refractivity contribution in [1.82, 2.24) is 10.4 Å². The number of fused-ring (bicyclic) bond motifs is 1. The van der Waals surface area contributed by atoms with Crippen LogP contribution >= 0.6 is 0 Å². The van der Waals surface area contributed by atoms with Crippen molar-refractivity contribution in [3.05, 3.63) is 59.8 Å². The number of ether oxygens (including phenoxy) is 1. The summed E-state index contributed by atoms with van der Waals surface area (Å²) in [6.07, 6.45) is 2.02. The highest BCUT2D eigenvalue weighted by atomic mass is 16.5. The van der Waals surface area contributed by atoms with Crippen LogP contribution in [0, 0.1) is 0 Å². The van der Waals surface area contributed by atoms with Crippen LogP contribution in [0.2, 0.25) is 0 Å². The molecule has 0 fully saturated rings. The summed E-state index contributed by atoms with van der Waals surface area (Å²) in [6, 6.07) is 16.6. The highest BCUT2D eigenvalue weighted by Gasteiger charge is 2.25. The first kappa shape index (κ1) is 20.1. The summed E-state index contributed by atoms with van der Waals surface area (Å²) >= 11 is 0. The molecule has 0 amide bonds. The lowest BCUT2D eigenvalue weighted by atomic mass is 9.87. The Labute approximate surface area is 177 Å². The number of hydrogen-bond acceptors (Lipinski definition) is 5. The third-order valence-corrected chi connectivity index (χ3v) is 5.71. The van der Waals surface area contributed by atoms with Crippen LogP contribution in [0.3, 0.4) is 0 Å². The molecule has 1 aliphatic heterocycles. The van der Waals surface area contributed by atoms with Gasteiger partial charge in [0.25, 0.3) is 0 Å². The Balaban J connectivity index is 2.10. The summed E-state index contributed by atoms with van der Waals surface area (Å²) in [5.41, 5.74) is 9.53. The van der Waals surface area contributed by atoms with Crippen LogP contribution in [0.5, 0.6) is 5.75 Å². The van der Waals surface area contributed by atoms with Gasteiger partial charge in [-0.15, -0.1) is 0 Å². The van der Waals surface area contributed by atoms with E-state index in [-0.39, 0.29) is 0 Å². The molecule has 4 rings (SSSR count). The second-order valence-electron chi connectivity index (χ2n) is 7.63. The first-order valence-electron chi connectivity index (χ1n) is 10.6. The minimum atomic E-state index is 0.328. The fourth-order valence-electron chi connectivity index (χ4n) is 4.05. The number of hydrogen-bond donors (Lipinski definition) is 1. The SMILES string of the molecule is CCC(CC)c1nc2cc(OC)ccc2c(-c2ccccc2)c1C1=NCC(C)=NN1. The van der Waals surface area contributed by atoms with Crippen molar-refractivity contribution in [1.29, 1.82) is 0 Å². The molecule has 5 nitrogen and oxygen atoms in total. The zero-order valence-corrected chi connectivity index (χ0v) is 18.1. The molecule has 0 unspecified atom stereocenters. The average molecular weight is 401 g/mol. The Kier molecular flexibility index (Phi) is 5.79. The lowest BCUT2D eigenvalue weighted by Gasteiger charge is -2.24. The van der Waals surface area contributed by atoms with Crippen LogP contribution in [0.1, 0.15) is 50.8 Å². The van der Waals surface area contributed by atoms with Gasteiger partial charge in [0.2, 0.25) is 0 Å². The molecular formula is C25H28N4O. The summed E-state index contributed by atoms with van der Waals surface area (Å²) in [5, 5.41) is 5.56. The van der Waals surface area contributed by atoms with Gasteiger partial charge in [-0.05, 0) is 37.5 Å². The standard InChI is InChI=1S/C25H28N4O/c1-5-17(6-2)24-23(25-26-15-16(3)28-29-25)22(18-10-8-7-9-11-18)20-13-12-19(30-4)14-21(20)27-24/h7-14,17H,5-6,15H2,1-4H3,(H,26,29). The van der Waals surface area contributed by atoms with E-state index in [4.69, 9.17) is 14.7 Å². The van der Waals surface area contributed by atoms with Crippen molar-refractivity contribution in [2.45, 2.75) is 39.5 Å². The van der Waals surface area contributed by atoms with Crippen LogP contribution in [0.15, 0.2) is 58.6 Å². The molecule has 3 aromatic rings. The van der Waals surface area contributed by atoms with E-state index >= 15 is 0 Å². The van der Waals surface area contributed by atoms with E-state index in [9.17, 15) is 0 Å². The van der Waals surface area contributed by atoms with Gasteiger partial charge in [-0.2, -0.15) is 5.10 Å². The quantitative estimate of drug-likeness (QED) is 0.591. The van der Waals surface area contributed by atoms with E-state index in [2.05, 4.69) is 54.7 Å². The van der Waals surface area contributed by atoms with E-state index in [0.717, 1.165) is 63.4 Å². The summed E-state index contributed by atoms with van der Waals surface area (Å²) < 4.78 is 5.49. The minimum absolute atomic E-state index is 0.328. The maximum atomic E-state index is 5.49. The molecule has 1 aromatic heterocycles. The van der Waals surface area contributed by atoms with Crippen LogP contribution in [0.4, 0.5) is 0 Å². The fourth-order valence-corrected chi connectivity index (χ4v) is 4.05. The molecule has 0 radical (unpaired) electrons. The molecular weight excluding hydrogens is 372 g/mol. The molecule has 30 heavy (non-hydrogen) atoms. The van der Waals surface area contributed by atoms with E-state index in [1.165, 1.54) is 0 Å². The zero-order chi connectivity index (χ0) is 21.1. The monoisotopic (exact) mass is 400 g/mol. The van der Waals surface area contributed by atoms with Crippen molar-refractivity contribution in [2.75, 3.05) is 13.7 Å². The minimum Gasteiger partial charge on any atom is -0.497 e. The smallest absolute Gasteiger partial charge is 0.151 e.